The van der Waals surface area contributed by atoms with Gasteiger partial charge in [-0.05, 0) is 19.3 Å². The fourth-order valence-electron chi connectivity index (χ4n) is 1.79. The molecule has 0 saturated heterocycles. The quantitative estimate of drug-likeness (QED) is 0.604. The highest BCUT2D eigenvalue weighted by Gasteiger charge is 2.26. The van der Waals surface area contributed by atoms with Gasteiger partial charge in [-0.25, -0.2) is 9.78 Å². The number of hydrogen-bond acceptors (Lipinski definition) is 3. The predicted molar refractivity (Wildman–Crippen MR) is 46.2 cm³/mol. The normalized spacial score (nSPS) is 20.8. The summed E-state index contributed by atoms with van der Waals surface area (Å²) in [6.45, 7) is 0. The molecule has 1 aliphatic rings. The number of rotatable bonds is 1. The van der Waals surface area contributed by atoms with Crippen LogP contribution >= 0.6 is 0 Å². The molecule has 13 heavy (non-hydrogen) atoms. The lowest BCUT2D eigenvalue weighted by atomic mass is 10.0. The van der Waals surface area contributed by atoms with E-state index in [-0.39, 0.29) is 12.0 Å². The number of imidazole rings is 1. The van der Waals surface area contributed by atoms with E-state index in [4.69, 9.17) is 4.74 Å². The summed E-state index contributed by atoms with van der Waals surface area (Å²) in [5.74, 6) is -0.168. The minimum Gasteiger partial charge on any atom is -0.467 e. The number of ether oxygens (including phenoxy) is 1. The maximum absolute atomic E-state index is 11.4. The Morgan fingerprint density at radius 3 is 3.38 bits per heavy atom. The van der Waals surface area contributed by atoms with Crippen LogP contribution in [0.2, 0.25) is 0 Å². The molecule has 0 saturated carbocycles. The second-order valence-electron chi connectivity index (χ2n) is 3.22. The lowest BCUT2D eigenvalue weighted by Crippen LogP contribution is -2.25. The van der Waals surface area contributed by atoms with Crippen molar-refractivity contribution in [1.82, 2.24) is 9.55 Å². The van der Waals surface area contributed by atoms with Gasteiger partial charge in [0.2, 0.25) is 0 Å². The standard InChI is InChI=1S/C9H12N2O2/c1-13-9(12)8-4-2-3-7-5-10-6-11(7)8/h5-6,8H,2-4H2,1H3/t8-/m1/s1. The number of nitrogens with zero attached hydrogens (tertiary/aromatic N) is 2. The molecule has 1 aromatic heterocycles. The van der Waals surface area contributed by atoms with Crippen LogP contribution in [-0.4, -0.2) is 22.6 Å². The lowest BCUT2D eigenvalue weighted by Gasteiger charge is -2.22. The van der Waals surface area contributed by atoms with Crippen LogP contribution in [0, 0.1) is 0 Å². The fourth-order valence-corrected chi connectivity index (χ4v) is 1.79. The molecule has 2 rings (SSSR count). The van der Waals surface area contributed by atoms with Gasteiger partial charge in [0.05, 0.1) is 13.4 Å². The Morgan fingerprint density at radius 2 is 2.62 bits per heavy atom. The van der Waals surface area contributed by atoms with Gasteiger partial charge in [-0.1, -0.05) is 0 Å². The number of aryl methyl sites for hydroxylation is 1. The molecule has 2 heterocycles. The molecule has 0 bridgehead atoms. The molecule has 0 amide bonds. The molecule has 0 aromatic carbocycles. The van der Waals surface area contributed by atoms with Crippen molar-refractivity contribution in [2.24, 2.45) is 0 Å². The third-order valence-electron chi connectivity index (χ3n) is 2.47. The highest BCUT2D eigenvalue weighted by atomic mass is 16.5. The van der Waals surface area contributed by atoms with Gasteiger partial charge < -0.3 is 9.30 Å². The Hall–Kier alpha value is -1.32. The molecular weight excluding hydrogens is 168 g/mol. The number of methoxy groups -OCH3 is 1. The SMILES string of the molecule is COC(=O)[C@H]1CCCc2cncn21. The number of fused-ring (bicyclic) bond motifs is 1. The van der Waals surface area contributed by atoms with Crippen molar-refractivity contribution in [2.45, 2.75) is 25.3 Å². The summed E-state index contributed by atoms with van der Waals surface area (Å²) in [5.41, 5.74) is 1.13. The number of carbonyl (C=O) groups excluding carboxylic acids is 1. The van der Waals surface area contributed by atoms with E-state index >= 15 is 0 Å². The summed E-state index contributed by atoms with van der Waals surface area (Å²) < 4.78 is 6.64. The van der Waals surface area contributed by atoms with Gasteiger partial charge in [-0.3, -0.25) is 0 Å². The second kappa shape index (κ2) is 3.20. The number of aromatic nitrogens is 2. The predicted octanol–water partition coefficient (Wildman–Crippen LogP) is 0.933. The van der Waals surface area contributed by atoms with E-state index in [1.807, 2.05) is 10.8 Å². The molecule has 0 spiro atoms. The summed E-state index contributed by atoms with van der Waals surface area (Å²) in [5, 5.41) is 0. The third kappa shape index (κ3) is 1.32. The van der Waals surface area contributed by atoms with Gasteiger partial charge in [-0.2, -0.15) is 0 Å². The van der Waals surface area contributed by atoms with Crippen LogP contribution in [0.5, 0.6) is 0 Å². The van der Waals surface area contributed by atoms with Crippen molar-refractivity contribution >= 4 is 5.97 Å². The number of esters is 1. The topological polar surface area (TPSA) is 44.1 Å². The molecule has 0 aliphatic carbocycles. The summed E-state index contributed by atoms with van der Waals surface area (Å²) in [7, 11) is 1.42. The highest BCUT2D eigenvalue weighted by Crippen LogP contribution is 2.24. The Kier molecular flexibility index (Phi) is 2.04. The van der Waals surface area contributed by atoms with E-state index in [1.165, 1.54) is 7.11 Å². The fraction of sp³-hybridized carbons (Fsp3) is 0.556. The molecule has 4 nitrogen and oxygen atoms in total. The first-order valence-corrected chi connectivity index (χ1v) is 4.41. The summed E-state index contributed by atoms with van der Waals surface area (Å²) in [4.78, 5) is 15.4. The van der Waals surface area contributed by atoms with Crippen LogP contribution in [0.3, 0.4) is 0 Å². The van der Waals surface area contributed by atoms with E-state index in [0.29, 0.717) is 0 Å². The zero-order valence-electron chi connectivity index (χ0n) is 7.56. The summed E-state index contributed by atoms with van der Waals surface area (Å²) >= 11 is 0. The van der Waals surface area contributed by atoms with Gasteiger partial charge in [0.1, 0.15) is 6.04 Å². The van der Waals surface area contributed by atoms with Crippen LogP contribution in [0.25, 0.3) is 0 Å². The van der Waals surface area contributed by atoms with Gasteiger partial charge in [0.15, 0.2) is 0 Å². The Morgan fingerprint density at radius 1 is 1.77 bits per heavy atom. The maximum atomic E-state index is 11.4. The molecule has 1 atom stereocenters. The third-order valence-corrected chi connectivity index (χ3v) is 2.47. The summed E-state index contributed by atoms with van der Waals surface area (Å²) in [6, 6.07) is -0.156. The first-order valence-electron chi connectivity index (χ1n) is 4.41. The van der Waals surface area contributed by atoms with E-state index < -0.39 is 0 Å². The molecule has 70 valence electrons. The molecule has 0 N–H and O–H groups in total. The van der Waals surface area contributed by atoms with Crippen LogP contribution in [-0.2, 0) is 16.0 Å². The molecule has 4 heteroatoms. The Labute approximate surface area is 76.5 Å². The molecule has 0 unspecified atom stereocenters. The monoisotopic (exact) mass is 180 g/mol. The average molecular weight is 180 g/mol. The second-order valence-corrected chi connectivity index (χ2v) is 3.22. The molecule has 0 fully saturated rings. The van der Waals surface area contributed by atoms with Crippen molar-refractivity contribution in [1.29, 1.82) is 0 Å². The number of carbonyl (C=O) groups is 1. The van der Waals surface area contributed by atoms with Gasteiger partial charge >= 0.3 is 5.97 Å². The minimum absolute atomic E-state index is 0.156. The minimum atomic E-state index is -0.168. The van der Waals surface area contributed by atoms with Gasteiger partial charge in [0.25, 0.3) is 0 Å². The van der Waals surface area contributed by atoms with Crippen LogP contribution in [0.15, 0.2) is 12.5 Å². The molecule has 0 radical (unpaired) electrons. The van der Waals surface area contributed by atoms with Gasteiger partial charge in [0, 0.05) is 11.9 Å². The van der Waals surface area contributed by atoms with Crippen LogP contribution in [0.1, 0.15) is 24.6 Å². The van der Waals surface area contributed by atoms with E-state index in [1.54, 1.807) is 6.33 Å². The van der Waals surface area contributed by atoms with Crippen molar-refractivity contribution in [3.63, 3.8) is 0 Å². The van der Waals surface area contributed by atoms with Crippen molar-refractivity contribution in [3.05, 3.63) is 18.2 Å². The number of hydrogen-bond donors (Lipinski definition) is 0. The zero-order chi connectivity index (χ0) is 9.26. The zero-order valence-corrected chi connectivity index (χ0v) is 7.56. The largest absolute Gasteiger partial charge is 0.467 e. The highest BCUT2D eigenvalue weighted by molar-refractivity contribution is 5.74. The first-order chi connectivity index (χ1) is 6.33. The van der Waals surface area contributed by atoms with E-state index in [0.717, 1.165) is 25.0 Å². The Balaban J connectivity index is 2.30. The summed E-state index contributed by atoms with van der Waals surface area (Å²) in [6.07, 6.45) is 6.42. The Bertz CT molecular complexity index is 319. The van der Waals surface area contributed by atoms with Crippen LogP contribution in [0.4, 0.5) is 0 Å². The molecular formula is C9H12N2O2. The smallest absolute Gasteiger partial charge is 0.328 e. The van der Waals surface area contributed by atoms with E-state index in [2.05, 4.69) is 4.98 Å². The average Bonchev–Trinajstić information content (AvgIpc) is 2.63. The van der Waals surface area contributed by atoms with Crippen molar-refractivity contribution in [2.75, 3.05) is 7.11 Å². The lowest BCUT2D eigenvalue weighted by molar-refractivity contribution is -0.145. The van der Waals surface area contributed by atoms with Crippen LogP contribution < -0.4 is 0 Å². The van der Waals surface area contributed by atoms with Crippen molar-refractivity contribution < 1.29 is 9.53 Å². The first kappa shape index (κ1) is 8.29. The van der Waals surface area contributed by atoms with Crippen molar-refractivity contribution in [3.8, 4) is 0 Å². The van der Waals surface area contributed by atoms with E-state index in [9.17, 15) is 4.79 Å². The maximum Gasteiger partial charge on any atom is 0.328 e. The van der Waals surface area contributed by atoms with Gasteiger partial charge in [-0.15, -0.1) is 0 Å². The molecule has 1 aliphatic heterocycles. The molecule has 1 aromatic rings.